The quantitative estimate of drug-likeness (QED) is 0.811. The van der Waals surface area contributed by atoms with Crippen molar-refractivity contribution in [1.29, 1.82) is 0 Å². The van der Waals surface area contributed by atoms with Gasteiger partial charge in [0.2, 0.25) is 0 Å². The Bertz CT molecular complexity index is 653. The van der Waals surface area contributed by atoms with Gasteiger partial charge in [0, 0.05) is 5.56 Å². The molecule has 0 aromatic heterocycles. The first kappa shape index (κ1) is 16.0. The van der Waals surface area contributed by atoms with E-state index in [4.69, 9.17) is 14.2 Å². The molecular weight excluding hydrogens is 295 g/mol. The van der Waals surface area contributed by atoms with Gasteiger partial charge in [0.25, 0.3) is 0 Å². The van der Waals surface area contributed by atoms with E-state index in [1.54, 1.807) is 25.1 Å². The molecule has 23 heavy (non-hydrogen) atoms. The van der Waals surface area contributed by atoms with E-state index in [9.17, 15) is 10.0 Å². The Balaban J connectivity index is 1.85. The number of ether oxygens (including phenoxy) is 3. The Morgan fingerprint density at radius 1 is 1.09 bits per heavy atom. The molecule has 2 N–H and O–H groups in total. The molecule has 0 atom stereocenters. The molecule has 1 saturated heterocycles. The largest absolute Gasteiger partial charge is 0.489 e. The molecule has 3 rings (SSSR count). The van der Waals surface area contributed by atoms with Gasteiger partial charge in [-0.25, -0.2) is 0 Å². The molecular formula is C17H19BO5. The molecule has 0 bridgehead atoms. The fourth-order valence-corrected chi connectivity index (χ4v) is 2.65. The van der Waals surface area contributed by atoms with E-state index >= 15 is 0 Å². The number of rotatable bonds is 5. The lowest BCUT2D eigenvalue weighted by molar-refractivity contribution is -0.149. The zero-order valence-corrected chi connectivity index (χ0v) is 12.9. The molecule has 1 fully saturated rings. The Kier molecular flexibility index (Phi) is 4.68. The van der Waals surface area contributed by atoms with Crippen molar-refractivity contribution in [3.05, 3.63) is 59.7 Å². The molecule has 0 unspecified atom stereocenters. The van der Waals surface area contributed by atoms with Gasteiger partial charge in [-0.05, 0) is 30.1 Å². The minimum atomic E-state index is -1.60. The van der Waals surface area contributed by atoms with Crippen molar-refractivity contribution in [2.45, 2.75) is 19.3 Å². The summed E-state index contributed by atoms with van der Waals surface area (Å²) < 4.78 is 17.1. The minimum absolute atomic E-state index is 0.349. The summed E-state index contributed by atoms with van der Waals surface area (Å²) in [5, 5.41) is 19.2. The summed E-state index contributed by atoms with van der Waals surface area (Å²) in [7, 11) is -1.60. The lowest BCUT2D eigenvalue weighted by Crippen LogP contribution is -2.39. The molecule has 2 aromatic rings. The smallest absolute Gasteiger partial charge is 0.488 e. The highest BCUT2D eigenvalue weighted by atomic mass is 16.7. The van der Waals surface area contributed by atoms with Crippen LogP contribution in [0.5, 0.6) is 5.75 Å². The van der Waals surface area contributed by atoms with Crippen LogP contribution in [-0.2, 0) is 21.9 Å². The lowest BCUT2D eigenvalue weighted by Gasteiger charge is -2.26. The van der Waals surface area contributed by atoms with Crippen molar-refractivity contribution in [1.82, 2.24) is 0 Å². The molecule has 0 saturated carbocycles. The van der Waals surface area contributed by atoms with E-state index in [0.717, 1.165) is 5.56 Å². The van der Waals surface area contributed by atoms with Crippen LogP contribution in [0, 0.1) is 0 Å². The van der Waals surface area contributed by atoms with Crippen LogP contribution >= 0.6 is 0 Å². The fraction of sp³-hybridized carbons (Fsp3) is 0.294. The molecule has 0 spiro atoms. The molecule has 120 valence electrons. The maximum absolute atomic E-state index is 9.58. The molecule has 0 radical (unpaired) electrons. The monoisotopic (exact) mass is 314 g/mol. The van der Waals surface area contributed by atoms with Gasteiger partial charge in [0.05, 0.1) is 13.2 Å². The van der Waals surface area contributed by atoms with Gasteiger partial charge in [-0.1, -0.05) is 36.4 Å². The van der Waals surface area contributed by atoms with Gasteiger partial charge in [-0.2, -0.15) is 0 Å². The van der Waals surface area contributed by atoms with Gasteiger partial charge in [-0.3, -0.25) is 0 Å². The van der Waals surface area contributed by atoms with Crippen LogP contribution in [-0.4, -0.2) is 30.4 Å². The van der Waals surface area contributed by atoms with Crippen LogP contribution in [0.25, 0.3) is 0 Å². The lowest BCUT2D eigenvalue weighted by atomic mass is 9.75. The van der Waals surface area contributed by atoms with Crippen LogP contribution in [0.4, 0.5) is 0 Å². The third kappa shape index (κ3) is 3.56. The Hall–Kier alpha value is -1.86. The maximum Gasteiger partial charge on any atom is 0.488 e. The number of benzene rings is 2. The van der Waals surface area contributed by atoms with Crippen molar-refractivity contribution in [2.24, 2.45) is 0 Å². The van der Waals surface area contributed by atoms with Crippen LogP contribution in [0.3, 0.4) is 0 Å². The van der Waals surface area contributed by atoms with Gasteiger partial charge in [0.1, 0.15) is 12.4 Å². The average molecular weight is 314 g/mol. The Morgan fingerprint density at radius 3 is 2.43 bits per heavy atom. The summed E-state index contributed by atoms with van der Waals surface area (Å²) >= 11 is 0. The summed E-state index contributed by atoms with van der Waals surface area (Å²) in [5.74, 6) is -0.376. The summed E-state index contributed by atoms with van der Waals surface area (Å²) in [6.45, 7) is 3.13. The zero-order valence-electron chi connectivity index (χ0n) is 12.9. The normalized spacial score (nSPS) is 16.3. The topological polar surface area (TPSA) is 68.2 Å². The molecule has 0 amide bonds. The molecule has 6 heteroatoms. The molecule has 1 aliphatic rings. The van der Waals surface area contributed by atoms with Gasteiger partial charge in [-0.15, -0.1) is 0 Å². The second-order valence-corrected chi connectivity index (χ2v) is 5.54. The SMILES string of the molecule is CC1(c2cc(OCc3ccccc3)ccc2B(O)O)OCCO1. The second-order valence-electron chi connectivity index (χ2n) is 5.54. The number of hydrogen-bond acceptors (Lipinski definition) is 5. The van der Waals surface area contributed by atoms with Gasteiger partial charge in [0.15, 0.2) is 5.79 Å². The van der Waals surface area contributed by atoms with Crippen molar-refractivity contribution < 1.29 is 24.3 Å². The second kappa shape index (κ2) is 6.72. The Labute approximate surface area is 135 Å². The van der Waals surface area contributed by atoms with Crippen molar-refractivity contribution in [3.8, 4) is 5.75 Å². The van der Waals surface area contributed by atoms with E-state index in [0.29, 0.717) is 36.6 Å². The zero-order chi connectivity index (χ0) is 16.3. The molecule has 2 aromatic carbocycles. The summed E-state index contributed by atoms with van der Waals surface area (Å²) in [4.78, 5) is 0. The van der Waals surface area contributed by atoms with Gasteiger partial charge < -0.3 is 24.3 Å². The summed E-state index contributed by atoms with van der Waals surface area (Å²) in [5.41, 5.74) is 1.97. The minimum Gasteiger partial charge on any atom is -0.489 e. The predicted octanol–water partition coefficient (Wildman–Crippen LogP) is 1.16. The summed E-state index contributed by atoms with van der Waals surface area (Å²) in [6.07, 6.45) is 0. The van der Waals surface area contributed by atoms with Crippen LogP contribution in [0.15, 0.2) is 48.5 Å². The maximum atomic E-state index is 9.58. The first-order valence-corrected chi connectivity index (χ1v) is 7.54. The highest BCUT2D eigenvalue weighted by molar-refractivity contribution is 6.59. The van der Waals surface area contributed by atoms with Crippen LogP contribution in [0.1, 0.15) is 18.1 Å². The number of hydrogen-bond donors (Lipinski definition) is 2. The van der Waals surface area contributed by atoms with E-state index in [1.165, 1.54) is 0 Å². The van der Waals surface area contributed by atoms with E-state index < -0.39 is 12.9 Å². The van der Waals surface area contributed by atoms with Crippen molar-refractivity contribution >= 4 is 12.6 Å². The van der Waals surface area contributed by atoms with Crippen molar-refractivity contribution in [3.63, 3.8) is 0 Å². The van der Waals surface area contributed by atoms with E-state index in [1.807, 2.05) is 30.3 Å². The highest BCUT2D eigenvalue weighted by Gasteiger charge is 2.37. The average Bonchev–Trinajstić information content (AvgIpc) is 3.01. The molecule has 1 aliphatic heterocycles. The van der Waals surface area contributed by atoms with Crippen LogP contribution < -0.4 is 10.2 Å². The highest BCUT2D eigenvalue weighted by Crippen LogP contribution is 2.32. The first-order valence-electron chi connectivity index (χ1n) is 7.54. The standard InChI is InChI=1S/C17H19BO5/c1-17(22-9-10-23-17)15-11-14(7-8-16(15)18(19)20)21-12-13-5-3-2-4-6-13/h2-8,11,19-20H,9-10,12H2,1H3. The first-order chi connectivity index (χ1) is 11.1. The van der Waals surface area contributed by atoms with E-state index in [-0.39, 0.29) is 0 Å². The van der Waals surface area contributed by atoms with Crippen LogP contribution in [0.2, 0.25) is 0 Å². The summed E-state index contributed by atoms with van der Waals surface area (Å²) in [6, 6.07) is 14.9. The molecule has 5 nitrogen and oxygen atoms in total. The third-order valence-electron chi connectivity index (χ3n) is 3.88. The molecule has 1 heterocycles. The van der Waals surface area contributed by atoms with Crippen molar-refractivity contribution in [2.75, 3.05) is 13.2 Å². The predicted molar refractivity (Wildman–Crippen MR) is 86.3 cm³/mol. The van der Waals surface area contributed by atoms with E-state index in [2.05, 4.69) is 0 Å². The molecule has 0 aliphatic carbocycles. The van der Waals surface area contributed by atoms with Gasteiger partial charge >= 0.3 is 7.12 Å². The fourth-order valence-electron chi connectivity index (χ4n) is 2.65. The Morgan fingerprint density at radius 2 is 1.78 bits per heavy atom. The third-order valence-corrected chi connectivity index (χ3v) is 3.88.